The van der Waals surface area contributed by atoms with Crippen molar-refractivity contribution in [3.05, 3.63) is 57.8 Å². The molecule has 2 amide bonds. The molecule has 0 saturated heterocycles. The number of carbonyl (C=O) groups is 1. The van der Waals surface area contributed by atoms with Crippen LogP contribution in [0.2, 0.25) is 0 Å². The van der Waals surface area contributed by atoms with Crippen LogP contribution in [0.3, 0.4) is 0 Å². The standard InChI is InChI=1S/C15H16N6O4/c1-20(2)12-5-3-11(4-6-12)9-16-18-15(22)19-17-10-13-7-8-14(25-13)21(23)24/h3-10H,1-2H3,(H2,18,19,22)/b16-9+,17-10+. The molecule has 0 aliphatic heterocycles. The molecule has 10 heteroatoms. The number of nitro groups is 1. The second-order valence-corrected chi connectivity index (χ2v) is 4.99. The molecule has 1 aromatic heterocycles. The molecule has 0 fully saturated rings. The molecule has 130 valence electrons. The Kier molecular flexibility index (Phi) is 5.82. The number of hydrogen-bond acceptors (Lipinski definition) is 7. The van der Waals surface area contributed by atoms with Gasteiger partial charge >= 0.3 is 11.9 Å². The minimum Gasteiger partial charge on any atom is -0.400 e. The van der Waals surface area contributed by atoms with Crippen LogP contribution in [-0.4, -0.2) is 37.5 Å². The molecule has 2 N–H and O–H groups in total. The lowest BCUT2D eigenvalue weighted by atomic mass is 10.2. The number of benzene rings is 1. The Morgan fingerprint density at radius 3 is 2.32 bits per heavy atom. The first-order valence-corrected chi connectivity index (χ1v) is 7.09. The van der Waals surface area contributed by atoms with E-state index in [-0.39, 0.29) is 5.76 Å². The van der Waals surface area contributed by atoms with Crippen molar-refractivity contribution < 1.29 is 14.1 Å². The van der Waals surface area contributed by atoms with Crippen LogP contribution in [0, 0.1) is 10.1 Å². The fourth-order valence-corrected chi connectivity index (χ4v) is 1.71. The highest BCUT2D eigenvalue weighted by Crippen LogP contribution is 2.13. The Morgan fingerprint density at radius 2 is 1.76 bits per heavy atom. The van der Waals surface area contributed by atoms with Gasteiger partial charge in [-0.15, -0.1) is 0 Å². The molecule has 0 aliphatic carbocycles. The number of amides is 2. The summed E-state index contributed by atoms with van der Waals surface area (Å²) in [4.78, 5) is 23.2. The maximum atomic E-state index is 11.5. The molecule has 0 atom stereocenters. The minimum atomic E-state index is -0.669. The van der Waals surface area contributed by atoms with Crippen LogP contribution in [-0.2, 0) is 0 Å². The highest BCUT2D eigenvalue weighted by atomic mass is 16.6. The van der Waals surface area contributed by atoms with Crippen molar-refractivity contribution in [2.75, 3.05) is 19.0 Å². The van der Waals surface area contributed by atoms with Crippen molar-refractivity contribution in [3.63, 3.8) is 0 Å². The summed E-state index contributed by atoms with van der Waals surface area (Å²) in [5.41, 5.74) is 6.25. The second-order valence-electron chi connectivity index (χ2n) is 4.99. The lowest BCUT2D eigenvalue weighted by molar-refractivity contribution is -0.402. The molecule has 1 heterocycles. The van der Waals surface area contributed by atoms with Gasteiger partial charge in [-0.25, -0.2) is 15.6 Å². The number of carbonyl (C=O) groups excluding carboxylic acids is 1. The Hall–Kier alpha value is -3.69. The van der Waals surface area contributed by atoms with E-state index < -0.39 is 16.8 Å². The van der Waals surface area contributed by atoms with Gasteiger partial charge in [0.2, 0.25) is 0 Å². The fraction of sp³-hybridized carbons (Fsp3) is 0.133. The van der Waals surface area contributed by atoms with Crippen molar-refractivity contribution in [2.24, 2.45) is 10.2 Å². The Labute approximate surface area is 143 Å². The zero-order chi connectivity index (χ0) is 18.2. The zero-order valence-corrected chi connectivity index (χ0v) is 13.5. The van der Waals surface area contributed by atoms with Crippen LogP contribution in [0.15, 0.2) is 51.0 Å². The molecular formula is C15H16N6O4. The van der Waals surface area contributed by atoms with E-state index in [1.165, 1.54) is 18.3 Å². The zero-order valence-electron chi connectivity index (χ0n) is 13.5. The van der Waals surface area contributed by atoms with Crippen LogP contribution in [0.25, 0.3) is 0 Å². The Balaban J connectivity index is 1.79. The average Bonchev–Trinajstić information content (AvgIpc) is 3.04. The summed E-state index contributed by atoms with van der Waals surface area (Å²) in [6.45, 7) is 0. The first-order chi connectivity index (χ1) is 12.0. The van der Waals surface area contributed by atoms with Crippen molar-refractivity contribution in [3.8, 4) is 0 Å². The van der Waals surface area contributed by atoms with Gasteiger partial charge in [-0.05, 0) is 23.8 Å². The topological polar surface area (TPSA) is 125 Å². The first-order valence-electron chi connectivity index (χ1n) is 7.09. The van der Waals surface area contributed by atoms with E-state index in [0.717, 1.165) is 17.5 Å². The minimum absolute atomic E-state index is 0.136. The number of nitrogens with zero attached hydrogens (tertiary/aromatic N) is 4. The maximum absolute atomic E-state index is 11.5. The number of hydrazone groups is 2. The molecule has 0 bridgehead atoms. The molecule has 25 heavy (non-hydrogen) atoms. The van der Waals surface area contributed by atoms with Gasteiger partial charge < -0.3 is 9.32 Å². The number of anilines is 1. The number of nitrogens with one attached hydrogen (secondary N) is 2. The van der Waals surface area contributed by atoms with Gasteiger partial charge in [-0.2, -0.15) is 10.2 Å². The Bertz CT molecular complexity index is 795. The summed E-state index contributed by atoms with van der Waals surface area (Å²) in [5, 5.41) is 17.8. The fourth-order valence-electron chi connectivity index (χ4n) is 1.71. The SMILES string of the molecule is CN(C)c1ccc(/C=N/NC(=O)N/N=C/c2ccc([N+](=O)[O-])o2)cc1. The van der Waals surface area contributed by atoms with Gasteiger partial charge in [0.1, 0.15) is 4.92 Å². The maximum Gasteiger partial charge on any atom is 0.433 e. The van der Waals surface area contributed by atoms with E-state index in [4.69, 9.17) is 4.42 Å². The summed E-state index contributed by atoms with van der Waals surface area (Å²) in [5.74, 6) is -0.271. The average molecular weight is 344 g/mol. The van der Waals surface area contributed by atoms with Crippen molar-refractivity contribution in [1.82, 2.24) is 10.9 Å². The summed E-state index contributed by atoms with van der Waals surface area (Å²) in [7, 11) is 3.88. The lowest BCUT2D eigenvalue weighted by Crippen LogP contribution is -2.28. The summed E-state index contributed by atoms with van der Waals surface area (Å²) in [6, 6.07) is 9.45. The summed E-state index contributed by atoms with van der Waals surface area (Å²) < 4.78 is 4.84. The third-order valence-electron chi connectivity index (χ3n) is 2.94. The van der Waals surface area contributed by atoms with Crippen molar-refractivity contribution >= 4 is 30.0 Å². The molecular weight excluding hydrogens is 328 g/mol. The summed E-state index contributed by atoms with van der Waals surface area (Å²) in [6.07, 6.45) is 2.62. The quantitative estimate of drug-likeness (QED) is 0.470. The molecule has 0 spiro atoms. The molecule has 2 rings (SSSR count). The number of furan rings is 1. The molecule has 10 nitrogen and oxygen atoms in total. The molecule has 0 aliphatic rings. The van der Waals surface area contributed by atoms with E-state index in [2.05, 4.69) is 21.1 Å². The van der Waals surface area contributed by atoms with Crippen LogP contribution < -0.4 is 15.8 Å². The largest absolute Gasteiger partial charge is 0.433 e. The normalized spacial score (nSPS) is 11.0. The third-order valence-corrected chi connectivity index (χ3v) is 2.94. The van der Waals surface area contributed by atoms with Gasteiger partial charge in [0.05, 0.1) is 18.5 Å². The molecule has 0 radical (unpaired) electrons. The number of hydrogen-bond donors (Lipinski definition) is 2. The summed E-state index contributed by atoms with van der Waals surface area (Å²) >= 11 is 0. The molecule has 2 aromatic rings. The molecule has 0 unspecified atom stereocenters. The van der Waals surface area contributed by atoms with Gasteiger partial charge in [-0.3, -0.25) is 10.1 Å². The Morgan fingerprint density at radius 1 is 1.12 bits per heavy atom. The molecule has 0 saturated carbocycles. The van der Waals surface area contributed by atoms with Crippen LogP contribution in [0.1, 0.15) is 11.3 Å². The predicted molar refractivity (Wildman–Crippen MR) is 93.0 cm³/mol. The number of rotatable bonds is 6. The monoisotopic (exact) mass is 344 g/mol. The molecule has 1 aromatic carbocycles. The highest BCUT2D eigenvalue weighted by molar-refractivity contribution is 5.83. The first kappa shape index (κ1) is 17.7. The predicted octanol–water partition coefficient (Wildman–Crippen LogP) is 1.92. The third kappa shape index (κ3) is 5.46. The van der Waals surface area contributed by atoms with Gasteiger partial charge in [-0.1, -0.05) is 12.1 Å². The number of urea groups is 1. The van der Waals surface area contributed by atoms with E-state index >= 15 is 0 Å². The highest BCUT2D eigenvalue weighted by Gasteiger charge is 2.10. The van der Waals surface area contributed by atoms with Crippen LogP contribution >= 0.6 is 0 Å². The smallest absolute Gasteiger partial charge is 0.400 e. The van der Waals surface area contributed by atoms with Gasteiger partial charge in [0, 0.05) is 19.8 Å². The van der Waals surface area contributed by atoms with Crippen molar-refractivity contribution in [1.29, 1.82) is 0 Å². The van der Waals surface area contributed by atoms with E-state index in [0.29, 0.717) is 0 Å². The van der Waals surface area contributed by atoms with E-state index in [1.54, 1.807) is 0 Å². The van der Waals surface area contributed by atoms with Crippen molar-refractivity contribution in [2.45, 2.75) is 0 Å². The van der Waals surface area contributed by atoms with E-state index in [1.807, 2.05) is 43.3 Å². The van der Waals surface area contributed by atoms with Crippen LogP contribution in [0.4, 0.5) is 16.4 Å². The van der Waals surface area contributed by atoms with Gasteiger partial charge in [0.15, 0.2) is 5.76 Å². The van der Waals surface area contributed by atoms with Gasteiger partial charge in [0.25, 0.3) is 0 Å². The second kappa shape index (κ2) is 8.24. The van der Waals surface area contributed by atoms with Crippen LogP contribution in [0.5, 0.6) is 0 Å². The van der Waals surface area contributed by atoms with E-state index in [9.17, 15) is 14.9 Å². The lowest BCUT2D eigenvalue weighted by Gasteiger charge is -2.11.